The monoisotopic (exact) mass is 727 g/mol. The van der Waals surface area contributed by atoms with Gasteiger partial charge in [0.15, 0.2) is 0 Å². The standard InChI is InChI=1S/C39H65N7O6/c1-12-25(4)35(45(9)39(50)34(24(2)3)43-38(49)27(6)44(7)8)32(51-10)23-33(47)46-20-14-17-31(46)36(52-11)26(5)37(48)42-30(18-19-40)22-28-15-13-16-29(41)21-28/h13,15-16,21,24-27,30-32,34-36H,12,14,17-18,20,22-23,41H2,1-11H3,(H,42,48)(H,43,49)/t25-,26+,27?,30?,31?,32+,34?,35-,36+/m0/s1. The highest BCUT2D eigenvalue weighted by Crippen LogP contribution is 2.30. The molecule has 1 saturated heterocycles. The first-order chi connectivity index (χ1) is 24.5. The molecule has 1 aromatic carbocycles. The van der Waals surface area contributed by atoms with E-state index in [1.165, 1.54) is 0 Å². The van der Waals surface area contributed by atoms with Gasteiger partial charge in [-0.2, -0.15) is 5.26 Å². The number of carbonyl (C=O) groups excluding carboxylic acids is 4. The quantitative estimate of drug-likeness (QED) is 0.171. The van der Waals surface area contributed by atoms with Crippen LogP contribution in [0.15, 0.2) is 24.3 Å². The Morgan fingerprint density at radius 3 is 2.25 bits per heavy atom. The van der Waals surface area contributed by atoms with Gasteiger partial charge in [0.05, 0.1) is 55.2 Å². The summed E-state index contributed by atoms with van der Waals surface area (Å²) in [6.45, 7) is 12.0. The number of rotatable bonds is 20. The van der Waals surface area contributed by atoms with Crippen molar-refractivity contribution in [2.75, 3.05) is 47.6 Å². The third kappa shape index (κ3) is 11.9. The summed E-state index contributed by atoms with van der Waals surface area (Å²) in [5.41, 5.74) is 7.47. The number of amides is 4. The molecular weight excluding hydrogens is 662 g/mol. The SMILES string of the molecule is CC[C@H](C)[C@@H]([C@@H](CC(=O)N1CCCC1[C@H](OC)[C@@H](C)C(=O)NC(CC#N)Cc1cccc(N)c1)OC)N(C)C(=O)C(NC(=O)C(C)N(C)C)C(C)C. The predicted molar refractivity (Wildman–Crippen MR) is 203 cm³/mol. The van der Waals surface area contributed by atoms with Crippen LogP contribution in [0.25, 0.3) is 0 Å². The van der Waals surface area contributed by atoms with Crippen molar-refractivity contribution >= 4 is 29.3 Å². The van der Waals surface area contributed by atoms with Crippen LogP contribution in [0.4, 0.5) is 5.69 Å². The first-order valence-electron chi connectivity index (χ1n) is 18.6. The van der Waals surface area contributed by atoms with E-state index in [9.17, 15) is 24.4 Å². The number of anilines is 1. The van der Waals surface area contributed by atoms with E-state index in [-0.39, 0.29) is 54.3 Å². The van der Waals surface area contributed by atoms with Crippen molar-refractivity contribution in [3.8, 4) is 6.07 Å². The lowest BCUT2D eigenvalue weighted by Crippen LogP contribution is -2.59. The van der Waals surface area contributed by atoms with Gasteiger partial charge in [-0.25, -0.2) is 0 Å². The minimum atomic E-state index is -0.753. The van der Waals surface area contributed by atoms with Crippen LogP contribution in [0.1, 0.15) is 79.2 Å². The Hall–Kier alpha value is -3.73. The summed E-state index contributed by atoms with van der Waals surface area (Å²) in [4.78, 5) is 60.0. The molecule has 4 unspecified atom stereocenters. The van der Waals surface area contributed by atoms with Crippen molar-refractivity contribution in [3.05, 3.63) is 29.8 Å². The van der Waals surface area contributed by atoms with Gasteiger partial charge in [0.25, 0.3) is 0 Å². The number of likely N-dealkylation sites (tertiary alicyclic amines) is 1. The minimum absolute atomic E-state index is 0.0191. The lowest BCUT2D eigenvalue weighted by Gasteiger charge is -2.41. The number of benzene rings is 1. The molecule has 13 heteroatoms. The van der Waals surface area contributed by atoms with Crippen LogP contribution >= 0.6 is 0 Å². The number of nitriles is 1. The topological polar surface area (TPSA) is 170 Å². The zero-order valence-corrected chi connectivity index (χ0v) is 33.3. The number of nitrogens with zero attached hydrogens (tertiary/aromatic N) is 4. The molecule has 0 aromatic heterocycles. The number of hydrogen-bond donors (Lipinski definition) is 3. The van der Waals surface area contributed by atoms with E-state index in [0.29, 0.717) is 25.1 Å². The van der Waals surface area contributed by atoms with E-state index in [1.54, 1.807) is 55.9 Å². The number of nitrogens with two attached hydrogens (primary N) is 1. The molecule has 292 valence electrons. The van der Waals surface area contributed by atoms with E-state index in [4.69, 9.17) is 15.2 Å². The van der Waals surface area contributed by atoms with Crippen molar-refractivity contribution in [2.24, 2.45) is 17.8 Å². The zero-order chi connectivity index (χ0) is 39.3. The Morgan fingerprint density at radius 1 is 1.04 bits per heavy atom. The Morgan fingerprint density at radius 2 is 1.71 bits per heavy atom. The van der Waals surface area contributed by atoms with Gasteiger partial charge in [0.2, 0.25) is 23.6 Å². The summed E-state index contributed by atoms with van der Waals surface area (Å²) in [7, 11) is 8.45. The van der Waals surface area contributed by atoms with Crippen LogP contribution in [-0.2, 0) is 35.1 Å². The van der Waals surface area contributed by atoms with Crippen LogP contribution in [0.3, 0.4) is 0 Å². The second-order valence-electron chi connectivity index (χ2n) is 15.0. The van der Waals surface area contributed by atoms with Gasteiger partial charge < -0.3 is 35.6 Å². The molecule has 9 atom stereocenters. The van der Waals surface area contributed by atoms with Gasteiger partial charge in [-0.1, -0.05) is 53.2 Å². The third-order valence-electron chi connectivity index (χ3n) is 10.8. The second-order valence-corrected chi connectivity index (χ2v) is 15.0. The summed E-state index contributed by atoms with van der Waals surface area (Å²) in [5, 5.41) is 15.5. The van der Waals surface area contributed by atoms with Gasteiger partial charge in [-0.05, 0) is 69.8 Å². The zero-order valence-electron chi connectivity index (χ0n) is 33.3. The molecule has 1 heterocycles. The van der Waals surface area contributed by atoms with E-state index in [2.05, 4.69) is 16.7 Å². The minimum Gasteiger partial charge on any atom is -0.399 e. The number of nitrogen functional groups attached to an aromatic ring is 1. The molecule has 0 bridgehead atoms. The Kier molecular flexibility index (Phi) is 18.0. The van der Waals surface area contributed by atoms with Crippen molar-refractivity contribution < 1.29 is 28.7 Å². The maximum atomic E-state index is 14.1. The van der Waals surface area contributed by atoms with E-state index in [0.717, 1.165) is 18.4 Å². The fourth-order valence-corrected chi connectivity index (χ4v) is 7.17. The molecule has 4 N–H and O–H groups in total. The van der Waals surface area contributed by atoms with E-state index < -0.39 is 42.3 Å². The molecule has 13 nitrogen and oxygen atoms in total. The summed E-state index contributed by atoms with van der Waals surface area (Å²) >= 11 is 0. The van der Waals surface area contributed by atoms with Gasteiger partial charge in [0.1, 0.15) is 6.04 Å². The Balaban J connectivity index is 2.25. The van der Waals surface area contributed by atoms with Crippen LogP contribution in [0.5, 0.6) is 0 Å². The van der Waals surface area contributed by atoms with Crippen LogP contribution in [0.2, 0.25) is 0 Å². The summed E-state index contributed by atoms with van der Waals surface area (Å²) in [5.74, 6) is -1.67. The average Bonchev–Trinajstić information content (AvgIpc) is 3.59. The van der Waals surface area contributed by atoms with Gasteiger partial charge in [-0.15, -0.1) is 0 Å². The molecule has 4 amide bonds. The molecule has 1 aromatic rings. The molecule has 0 aliphatic carbocycles. The summed E-state index contributed by atoms with van der Waals surface area (Å²) < 4.78 is 11.9. The van der Waals surface area contributed by atoms with Gasteiger partial charge >= 0.3 is 0 Å². The number of nitrogens with one attached hydrogen (secondary N) is 2. The Bertz CT molecular complexity index is 1370. The molecule has 0 saturated carbocycles. The summed E-state index contributed by atoms with van der Waals surface area (Å²) in [6.07, 6.45) is 1.56. The average molecular weight is 728 g/mol. The molecule has 2 rings (SSSR count). The van der Waals surface area contributed by atoms with E-state index in [1.807, 2.05) is 60.0 Å². The molecule has 1 aliphatic rings. The predicted octanol–water partition coefficient (Wildman–Crippen LogP) is 3.22. The van der Waals surface area contributed by atoms with Crippen LogP contribution in [0, 0.1) is 29.1 Å². The lowest BCUT2D eigenvalue weighted by molar-refractivity contribution is -0.148. The maximum Gasteiger partial charge on any atom is 0.245 e. The fraction of sp³-hybridized carbons (Fsp3) is 0.718. The lowest BCUT2D eigenvalue weighted by atomic mass is 9.89. The molecule has 1 aliphatic heterocycles. The molecular formula is C39H65N7O6. The van der Waals surface area contributed by atoms with Crippen LogP contribution < -0.4 is 16.4 Å². The number of methoxy groups -OCH3 is 2. The van der Waals surface area contributed by atoms with Crippen molar-refractivity contribution in [3.63, 3.8) is 0 Å². The summed E-state index contributed by atoms with van der Waals surface area (Å²) in [6, 6.07) is 7.16. The maximum absolute atomic E-state index is 14.1. The fourth-order valence-electron chi connectivity index (χ4n) is 7.17. The normalized spacial score (nSPS) is 19.2. The van der Waals surface area contributed by atoms with Crippen molar-refractivity contribution in [1.29, 1.82) is 5.26 Å². The highest BCUT2D eigenvalue weighted by atomic mass is 16.5. The highest BCUT2D eigenvalue weighted by molar-refractivity contribution is 5.90. The Labute approximate surface area is 311 Å². The molecule has 52 heavy (non-hydrogen) atoms. The smallest absolute Gasteiger partial charge is 0.245 e. The first kappa shape index (κ1) is 44.4. The molecule has 0 radical (unpaired) electrons. The number of hydrogen-bond acceptors (Lipinski definition) is 9. The second kappa shape index (κ2) is 21.1. The largest absolute Gasteiger partial charge is 0.399 e. The number of carbonyl (C=O) groups is 4. The van der Waals surface area contributed by atoms with Crippen LogP contribution in [-0.4, -0.2) is 123 Å². The van der Waals surface area contributed by atoms with Gasteiger partial charge in [0, 0.05) is 39.5 Å². The number of ether oxygens (including phenoxy) is 2. The van der Waals surface area contributed by atoms with Crippen molar-refractivity contribution in [2.45, 2.75) is 122 Å². The number of likely N-dealkylation sites (N-methyl/N-ethyl adjacent to an activating group) is 2. The van der Waals surface area contributed by atoms with E-state index >= 15 is 0 Å². The van der Waals surface area contributed by atoms with Crippen molar-refractivity contribution in [1.82, 2.24) is 25.3 Å². The first-order valence-corrected chi connectivity index (χ1v) is 18.6. The third-order valence-corrected chi connectivity index (χ3v) is 10.8. The highest BCUT2D eigenvalue weighted by Gasteiger charge is 2.43. The molecule has 1 fully saturated rings. The molecule has 0 spiro atoms. The van der Waals surface area contributed by atoms with Gasteiger partial charge in [-0.3, -0.25) is 24.1 Å².